The van der Waals surface area contributed by atoms with Crippen molar-refractivity contribution in [3.05, 3.63) is 23.0 Å². The summed E-state index contributed by atoms with van der Waals surface area (Å²) in [5, 5.41) is 0. The minimum atomic E-state index is -0.421. The minimum Gasteiger partial charge on any atom is -0.456 e. The zero-order chi connectivity index (χ0) is 11.8. The van der Waals surface area contributed by atoms with Gasteiger partial charge in [-0.05, 0) is 52.0 Å². The predicted molar refractivity (Wildman–Crippen MR) is 62.6 cm³/mol. The van der Waals surface area contributed by atoms with Crippen LogP contribution in [-0.2, 0) is 17.6 Å². The molecule has 1 aromatic rings. The first-order valence-corrected chi connectivity index (χ1v) is 5.90. The number of nitrogens with one attached hydrogen (secondary N) is 1. The summed E-state index contributed by atoms with van der Waals surface area (Å²) in [7, 11) is 0. The van der Waals surface area contributed by atoms with Crippen molar-refractivity contribution in [2.24, 2.45) is 0 Å². The number of aromatic amines is 1. The largest absolute Gasteiger partial charge is 0.456 e. The predicted octanol–water partition coefficient (Wildman–Crippen LogP) is 2.85. The van der Waals surface area contributed by atoms with Crippen LogP contribution in [0, 0.1) is 0 Å². The van der Waals surface area contributed by atoms with E-state index in [2.05, 4.69) is 4.98 Å². The quantitative estimate of drug-likeness (QED) is 0.741. The topological polar surface area (TPSA) is 42.1 Å². The van der Waals surface area contributed by atoms with Crippen LogP contribution in [0.1, 0.15) is 55.2 Å². The van der Waals surface area contributed by atoms with E-state index in [0.717, 1.165) is 18.4 Å². The Morgan fingerprint density at radius 3 is 2.69 bits per heavy atom. The summed E-state index contributed by atoms with van der Waals surface area (Å²) in [6.45, 7) is 5.68. The molecule has 1 heterocycles. The molecule has 0 aromatic carbocycles. The van der Waals surface area contributed by atoms with E-state index in [4.69, 9.17) is 4.74 Å². The number of ether oxygens (including phenoxy) is 1. The van der Waals surface area contributed by atoms with Gasteiger partial charge in [0.05, 0.1) is 5.56 Å². The van der Waals surface area contributed by atoms with Gasteiger partial charge in [-0.25, -0.2) is 4.79 Å². The van der Waals surface area contributed by atoms with E-state index in [0.29, 0.717) is 0 Å². The molecule has 0 radical (unpaired) electrons. The fraction of sp³-hybridized carbons (Fsp3) is 0.615. The summed E-state index contributed by atoms with van der Waals surface area (Å²) in [4.78, 5) is 15.1. The van der Waals surface area contributed by atoms with Gasteiger partial charge in [-0.1, -0.05) is 0 Å². The van der Waals surface area contributed by atoms with E-state index in [1.54, 1.807) is 6.20 Å². The van der Waals surface area contributed by atoms with E-state index in [-0.39, 0.29) is 5.97 Å². The normalized spacial score (nSPS) is 15.7. The number of aryl methyl sites for hydroxylation is 1. The molecule has 1 N–H and O–H groups in total. The van der Waals surface area contributed by atoms with Gasteiger partial charge in [-0.15, -0.1) is 0 Å². The third-order valence-corrected chi connectivity index (χ3v) is 2.80. The number of rotatable bonds is 1. The van der Waals surface area contributed by atoms with E-state index < -0.39 is 5.60 Å². The molecule has 0 fully saturated rings. The third kappa shape index (κ3) is 2.29. The van der Waals surface area contributed by atoms with Crippen LogP contribution in [0.5, 0.6) is 0 Å². The Hall–Kier alpha value is -1.25. The number of esters is 1. The van der Waals surface area contributed by atoms with Crippen LogP contribution >= 0.6 is 0 Å². The number of carbonyl (C=O) groups is 1. The van der Waals surface area contributed by atoms with Crippen LogP contribution in [0.4, 0.5) is 0 Å². The summed E-state index contributed by atoms with van der Waals surface area (Å²) < 4.78 is 5.39. The molecule has 0 saturated carbocycles. The molecule has 0 spiro atoms. The van der Waals surface area contributed by atoms with Crippen molar-refractivity contribution in [1.82, 2.24) is 4.98 Å². The minimum absolute atomic E-state index is 0.202. The van der Waals surface area contributed by atoms with Crippen molar-refractivity contribution >= 4 is 5.97 Å². The van der Waals surface area contributed by atoms with Gasteiger partial charge in [0.1, 0.15) is 5.60 Å². The Morgan fingerprint density at radius 2 is 2.00 bits per heavy atom. The first kappa shape index (κ1) is 11.2. The second-order valence-electron chi connectivity index (χ2n) is 5.37. The molecule has 1 aromatic heterocycles. The van der Waals surface area contributed by atoms with Gasteiger partial charge in [0.15, 0.2) is 0 Å². The van der Waals surface area contributed by atoms with Gasteiger partial charge in [-0.2, -0.15) is 0 Å². The van der Waals surface area contributed by atoms with Gasteiger partial charge >= 0.3 is 5.97 Å². The first-order valence-electron chi connectivity index (χ1n) is 5.90. The highest BCUT2D eigenvalue weighted by Crippen LogP contribution is 2.25. The van der Waals surface area contributed by atoms with E-state index >= 15 is 0 Å². The Morgan fingerprint density at radius 1 is 1.31 bits per heavy atom. The molecule has 0 saturated heterocycles. The number of hydrogen-bond acceptors (Lipinski definition) is 2. The lowest BCUT2D eigenvalue weighted by atomic mass is 9.95. The standard InChI is InChI=1S/C13H19NO2/c1-13(2,3)16-12(15)10-8-14-11-7-5-4-6-9(10)11/h8,14H,4-7H2,1-3H3. The van der Waals surface area contributed by atoms with Crippen molar-refractivity contribution in [2.75, 3.05) is 0 Å². The van der Waals surface area contributed by atoms with Gasteiger partial charge in [-0.3, -0.25) is 0 Å². The lowest BCUT2D eigenvalue weighted by molar-refractivity contribution is 0.00685. The number of aromatic nitrogens is 1. The van der Waals surface area contributed by atoms with Crippen LogP contribution in [0.25, 0.3) is 0 Å². The van der Waals surface area contributed by atoms with Crippen molar-refractivity contribution in [1.29, 1.82) is 0 Å². The Labute approximate surface area is 96.2 Å². The van der Waals surface area contributed by atoms with Crippen molar-refractivity contribution in [3.8, 4) is 0 Å². The van der Waals surface area contributed by atoms with Crippen LogP contribution in [0.15, 0.2) is 6.20 Å². The molecular formula is C13H19NO2. The number of carbonyl (C=O) groups excluding carboxylic acids is 1. The zero-order valence-corrected chi connectivity index (χ0v) is 10.2. The summed E-state index contributed by atoms with van der Waals surface area (Å²) in [6, 6.07) is 0. The molecule has 0 aliphatic heterocycles. The summed E-state index contributed by atoms with van der Waals surface area (Å²) in [6.07, 6.45) is 6.22. The van der Waals surface area contributed by atoms with Gasteiger partial charge in [0, 0.05) is 11.9 Å². The highest BCUT2D eigenvalue weighted by atomic mass is 16.6. The molecule has 88 valence electrons. The molecule has 0 unspecified atom stereocenters. The third-order valence-electron chi connectivity index (χ3n) is 2.80. The Kier molecular flexibility index (Phi) is 2.78. The smallest absolute Gasteiger partial charge is 0.340 e. The molecule has 3 nitrogen and oxygen atoms in total. The number of fused-ring (bicyclic) bond motifs is 1. The maximum absolute atomic E-state index is 12.0. The molecule has 0 bridgehead atoms. The SMILES string of the molecule is CC(C)(C)OC(=O)c1c[nH]c2c1CCCC2. The fourth-order valence-corrected chi connectivity index (χ4v) is 2.12. The summed E-state index contributed by atoms with van der Waals surface area (Å²) in [5.41, 5.74) is 2.69. The highest BCUT2D eigenvalue weighted by molar-refractivity contribution is 5.91. The summed E-state index contributed by atoms with van der Waals surface area (Å²) in [5.74, 6) is -0.202. The van der Waals surface area contributed by atoms with E-state index in [1.807, 2.05) is 20.8 Å². The van der Waals surface area contributed by atoms with Gasteiger partial charge < -0.3 is 9.72 Å². The highest BCUT2D eigenvalue weighted by Gasteiger charge is 2.24. The monoisotopic (exact) mass is 221 g/mol. The second-order valence-corrected chi connectivity index (χ2v) is 5.37. The van der Waals surface area contributed by atoms with Crippen molar-refractivity contribution in [3.63, 3.8) is 0 Å². The maximum Gasteiger partial charge on any atom is 0.340 e. The van der Waals surface area contributed by atoms with Crippen LogP contribution < -0.4 is 0 Å². The van der Waals surface area contributed by atoms with E-state index in [1.165, 1.54) is 24.1 Å². The lowest BCUT2D eigenvalue weighted by Crippen LogP contribution is -2.24. The van der Waals surface area contributed by atoms with Crippen LogP contribution in [-0.4, -0.2) is 16.6 Å². The number of H-pyrrole nitrogens is 1. The lowest BCUT2D eigenvalue weighted by Gasteiger charge is -2.20. The van der Waals surface area contributed by atoms with Crippen LogP contribution in [0.3, 0.4) is 0 Å². The van der Waals surface area contributed by atoms with E-state index in [9.17, 15) is 4.79 Å². The molecule has 2 rings (SSSR count). The Balaban J connectivity index is 2.21. The maximum atomic E-state index is 12.0. The van der Waals surface area contributed by atoms with Gasteiger partial charge in [0.25, 0.3) is 0 Å². The first-order chi connectivity index (χ1) is 7.47. The van der Waals surface area contributed by atoms with Gasteiger partial charge in [0.2, 0.25) is 0 Å². The molecule has 0 amide bonds. The molecule has 0 atom stereocenters. The molecule has 16 heavy (non-hydrogen) atoms. The molecular weight excluding hydrogens is 202 g/mol. The molecule has 1 aliphatic rings. The second kappa shape index (κ2) is 3.96. The number of hydrogen-bond donors (Lipinski definition) is 1. The summed E-state index contributed by atoms with van der Waals surface area (Å²) >= 11 is 0. The molecule has 3 heteroatoms. The fourth-order valence-electron chi connectivity index (χ4n) is 2.12. The van der Waals surface area contributed by atoms with Crippen molar-refractivity contribution in [2.45, 2.75) is 52.1 Å². The zero-order valence-electron chi connectivity index (χ0n) is 10.2. The Bertz CT molecular complexity index is 399. The van der Waals surface area contributed by atoms with Crippen molar-refractivity contribution < 1.29 is 9.53 Å². The average molecular weight is 221 g/mol. The molecule has 1 aliphatic carbocycles. The average Bonchev–Trinajstić information content (AvgIpc) is 2.58. The van der Waals surface area contributed by atoms with Crippen LogP contribution in [0.2, 0.25) is 0 Å².